The Kier molecular flexibility index (Phi) is 6.44. The molecule has 1 unspecified atom stereocenters. The summed E-state index contributed by atoms with van der Waals surface area (Å²) in [5.41, 5.74) is 1.21. The molecular formula is C21H22N2O3S. The Morgan fingerprint density at radius 2 is 1.81 bits per heavy atom. The summed E-state index contributed by atoms with van der Waals surface area (Å²) in [7, 11) is 1.58. The van der Waals surface area contributed by atoms with Crippen LogP contribution in [0.4, 0.5) is 5.13 Å². The van der Waals surface area contributed by atoms with Gasteiger partial charge in [0.1, 0.15) is 0 Å². The number of ether oxygens (including phenoxy) is 2. The largest absolute Gasteiger partial charge is 0.493 e. The third-order valence-electron chi connectivity index (χ3n) is 4.01. The zero-order valence-electron chi connectivity index (χ0n) is 15.3. The summed E-state index contributed by atoms with van der Waals surface area (Å²) < 4.78 is 11.1. The molecule has 1 heterocycles. The lowest BCUT2D eigenvalue weighted by molar-refractivity contribution is -0.122. The van der Waals surface area contributed by atoms with E-state index in [4.69, 9.17) is 9.47 Å². The Labute approximate surface area is 163 Å². The van der Waals surface area contributed by atoms with Gasteiger partial charge >= 0.3 is 0 Å². The monoisotopic (exact) mass is 382 g/mol. The van der Waals surface area contributed by atoms with Crippen LogP contribution in [0.1, 0.15) is 23.8 Å². The minimum absolute atomic E-state index is 0.219. The van der Waals surface area contributed by atoms with Crippen molar-refractivity contribution in [3.8, 4) is 11.5 Å². The van der Waals surface area contributed by atoms with Crippen LogP contribution in [0.15, 0.2) is 60.8 Å². The Balaban J connectivity index is 1.63. The quantitative estimate of drug-likeness (QED) is 0.621. The minimum atomic E-state index is -0.622. The van der Waals surface area contributed by atoms with E-state index in [1.165, 1.54) is 16.9 Å². The molecule has 3 rings (SSSR count). The summed E-state index contributed by atoms with van der Waals surface area (Å²) in [6.45, 7) is 1.91. The van der Waals surface area contributed by atoms with Crippen LogP contribution in [0.25, 0.3) is 0 Å². The standard InChI is InChI=1S/C21H22N2O3S/c1-3-17(26-19-12-8-7-11-18(19)25-2)20(24)23-21-22-14-16(27-21)13-15-9-5-4-6-10-15/h4-12,14,17H,3,13H2,1-2H3,(H,22,23,24). The highest BCUT2D eigenvalue weighted by Gasteiger charge is 2.21. The number of nitrogens with one attached hydrogen (secondary N) is 1. The number of benzene rings is 2. The van der Waals surface area contributed by atoms with Gasteiger partial charge in [0.2, 0.25) is 0 Å². The van der Waals surface area contributed by atoms with E-state index in [0.29, 0.717) is 23.1 Å². The number of nitrogens with zero attached hydrogens (tertiary/aromatic N) is 1. The highest BCUT2D eigenvalue weighted by Crippen LogP contribution is 2.28. The summed E-state index contributed by atoms with van der Waals surface area (Å²) in [4.78, 5) is 18.0. The summed E-state index contributed by atoms with van der Waals surface area (Å²) >= 11 is 1.47. The molecule has 0 saturated heterocycles. The molecule has 2 aromatic carbocycles. The Morgan fingerprint density at radius 1 is 1.11 bits per heavy atom. The predicted molar refractivity (Wildman–Crippen MR) is 108 cm³/mol. The number of hydrogen-bond donors (Lipinski definition) is 1. The van der Waals surface area contributed by atoms with Gasteiger partial charge in [-0.2, -0.15) is 0 Å². The number of carbonyl (C=O) groups excluding carboxylic acids is 1. The second kappa shape index (κ2) is 9.19. The van der Waals surface area contributed by atoms with E-state index in [-0.39, 0.29) is 5.91 Å². The highest BCUT2D eigenvalue weighted by molar-refractivity contribution is 7.15. The maximum atomic E-state index is 12.6. The minimum Gasteiger partial charge on any atom is -0.493 e. The van der Waals surface area contributed by atoms with Crippen LogP contribution >= 0.6 is 11.3 Å². The molecule has 0 spiro atoms. The van der Waals surface area contributed by atoms with Crippen LogP contribution in [0.3, 0.4) is 0 Å². The van der Waals surface area contributed by atoms with Gasteiger partial charge in [0.05, 0.1) is 7.11 Å². The molecule has 1 aromatic heterocycles. The van der Waals surface area contributed by atoms with Gasteiger partial charge < -0.3 is 9.47 Å². The van der Waals surface area contributed by atoms with E-state index in [1.54, 1.807) is 25.4 Å². The van der Waals surface area contributed by atoms with Gasteiger partial charge in [-0.3, -0.25) is 10.1 Å². The topological polar surface area (TPSA) is 60.5 Å². The van der Waals surface area contributed by atoms with Crippen molar-refractivity contribution in [2.24, 2.45) is 0 Å². The number of thiazole rings is 1. The molecule has 3 aromatic rings. The second-order valence-electron chi connectivity index (χ2n) is 5.95. The predicted octanol–water partition coefficient (Wildman–Crippen LogP) is 4.54. The van der Waals surface area contributed by atoms with Crippen molar-refractivity contribution in [1.82, 2.24) is 4.98 Å². The zero-order chi connectivity index (χ0) is 19.1. The zero-order valence-corrected chi connectivity index (χ0v) is 16.2. The number of amides is 1. The molecule has 0 aliphatic rings. The highest BCUT2D eigenvalue weighted by atomic mass is 32.1. The smallest absolute Gasteiger partial charge is 0.267 e. The average molecular weight is 382 g/mol. The van der Waals surface area contributed by atoms with Crippen molar-refractivity contribution < 1.29 is 14.3 Å². The molecule has 0 radical (unpaired) electrons. The van der Waals surface area contributed by atoms with E-state index in [1.807, 2.05) is 37.3 Å². The fraction of sp³-hybridized carbons (Fsp3) is 0.238. The van der Waals surface area contributed by atoms with Crippen molar-refractivity contribution in [1.29, 1.82) is 0 Å². The van der Waals surface area contributed by atoms with Crippen LogP contribution in [-0.2, 0) is 11.2 Å². The third-order valence-corrected chi connectivity index (χ3v) is 4.92. The fourth-order valence-electron chi connectivity index (χ4n) is 2.62. The lowest BCUT2D eigenvalue weighted by Gasteiger charge is -2.18. The van der Waals surface area contributed by atoms with Crippen LogP contribution in [-0.4, -0.2) is 24.1 Å². The number of aromatic nitrogens is 1. The number of para-hydroxylation sites is 2. The lowest BCUT2D eigenvalue weighted by atomic mass is 10.1. The molecule has 27 heavy (non-hydrogen) atoms. The average Bonchev–Trinajstić information content (AvgIpc) is 3.13. The van der Waals surface area contributed by atoms with Crippen molar-refractivity contribution in [3.05, 3.63) is 71.2 Å². The van der Waals surface area contributed by atoms with Crippen LogP contribution < -0.4 is 14.8 Å². The number of carbonyl (C=O) groups is 1. The van der Waals surface area contributed by atoms with Gasteiger partial charge in [0.25, 0.3) is 5.91 Å². The first-order valence-electron chi connectivity index (χ1n) is 8.78. The number of hydrogen-bond acceptors (Lipinski definition) is 5. The maximum Gasteiger partial charge on any atom is 0.267 e. The van der Waals surface area contributed by atoms with Gasteiger partial charge in [-0.15, -0.1) is 11.3 Å². The van der Waals surface area contributed by atoms with Gasteiger partial charge in [-0.05, 0) is 24.1 Å². The third kappa shape index (κ3) is 5.08. The maximum absolute atomic E-state index is 12.6. The van der Waals surface area contributed by atoms with Crippen molar-refractivity contribution in [2.45, 2.75) is 25.9 Å². The van der Waals surface area contributed by atoms with E-state index in [9.17, 15) is 4.79 Å². The number of anilines is 1. The first-order valence-corrected chi connectivity index (χ1v) is 9.60. The first-order chi connectivity index (χ1) is 13.2. The van der Waals surface area contributed by atoms with Crippen molar-refractivity contribution in [3.63, 3.8) is 0 Å². The normalized spacial score (nSPS) is 11.6. The van der Waals surface area contributed by atoms with Crippen molar-refractivity contribution in [2.75, 3.05) is 12.4 Å². The molecule has 6 heteroatoms. The van der Waals surface area contributed by atoms with E-state index in [0.717, 1.165) is 11.3 Å². The Hall–Kier alpha value is -2.86. The molecule has 0 aliphatic heterocycles. The summed E-state index contributed by atoms with van der Waals surface area (Å²) in [6, 6.07) is 17.5. The van der Waals surface area contributed by atoms with Gasteiger partial charge in [-0.1, -0.05) is 49.4 Å². The summed E-state index contributed by atoms with van der Waals surface area (Å²) in [5.74, 6) is 0.929. The molecule has 0 saturated carbocycles. The van der Waals surface area contributed by atoms with Crippen LogP contribution in [0.5, 0.6) is 11.5 Å². The van der Waals surface area contributed by atoms with Crippen LogP contribution in [0, 0.1) is 0 Å². The molecule has 0 aliphatic carbocycles. The van der Waals surface area contributed by atoms with E-state index < -0.39 is 6.10 Å². The SMILES string of the molecule is CCC(Oc1ccccc1OC)C(=O)Nc1ncc(Cc2ccccc2)s1. The molecular weight excluding hydrogens is 360 g/mol. The van der Waals surface area contributed by atoms with Gasteiger partial charge in [0, 0.05) is 17.5 Å². The molecule has 1 amide bonds. The Bertz CT molecular complexity index is 880. The molecule has 140 valence electrons. The van der Waals surface area contributed by atoms with Gasteiger partial charge in [-0.25, -0.2) is 4.98 Å². The number of rotatable bonds is 8. The number of methoxy groups -OCH3 is 1. The molecule has 0 bridgehead atoms. The lowest BCUT2D eigenvalue weighted by Crippen LogP contribution is -2.32. The molecule has 1 N–H and O–H groups in total. The van der Waals surface area contributed by atoms with E-state index >= 15 is 0 Å². The van der Waals surface area contributed by atoms with E-state index in [2.05, 4.69) is 22.4 Å². The second-order valence-corrected chi connectivity index (χ2v) is 7.06. The van der Waals surface area contributed by atoms with Crippen LogP contribution in [0.2, 0.25) is 0 Å². The summed E-state index contributed by atoms with van der Waals surface area (Å²) in [5, 5.41) is 3.44. The van der Waals surface area contributed by atoms with Crippen molar-refractivity contribution >= 4 is 22.4 Å². The van der Waals surface area contributed by atoms with Gasteiger partial charge in [0.15, 0.2) is 22.7 Å². The fourth-order valence-corrected chi connectivity index (χ4v) is 3.47. The molecule has 5 nitrogen and oxygen atoms in total. The molecule has 0 fully saturated rings. The summed E-state index contributed by atoms with van der Waals surface area (Å²) in [6.07, 6.45) is 2.51. The first kappa shape index (κ1) is 18.9. The molecule has 1 atom stereocenters. The Morgan fingerprint density at radius 3 is 2.52 bits per heavy atom.